The average molecular weight is 302 g/mol. The molecular weight excluding hydrogens is 284 g/mol. The number of aryl methyl sites for hydroxylation is 1. The van der Waals surface area contributed by atoms with E-state index in [1.165, 1.54) is 21.1 Å². The number of carbonyl (C=O) groups excluding carboxylic acids is 2. The van der Waals surface area contributed by atoms with E-state index in [2.05, 4.69) is 5.32 Å². The van der Waals surface area contributed by atoms with Crippen molar-refractivity contribution in [2.45, 2.75) is 6.92 Å². The van der Waals surface area contributed by atoms with Crippen LogP contribution in [0.1, 0.15) is 27.8 Å². The van der Waals surface area contributed by atoms with Crippen molar-refractivity contribution in [3.8, 4) is 11.5 Å². The number of nitrogens with zero attached hydrogens (tertiary/aromatic N) is 1. The minimum Gasteiger partial charge on any atom is -0.497 e. The minimum atomic E-state index is -0.315. The van der Waals surface area contributed by atoms with Crippen molar-refractivity contribution in [1.82, 2.24) is 4.57 Å². The minimum absolute atomic E-state index is 0.0855. The standard InChI is InChI=1S/C16H18N2O4/c1-10(19)11-5-15(18(2)9-11)16(20)17-12-6-13(21-3)8-14(7-12)22-4/h5-9H,1-4H3,(H,17,20). The van der Waals surface area contributed by atoms with Crippen molar-refractivity contribution < 1.29 is 19.1 Å². The quantitative estimate of drug-likeness (QED) is 0.862. The van der Waals surface area contributed by atoms with Gasteiger partial charge in [0.2, 0.25) is 0 Å². The SMILES string of the molecule is COc1cc(NC(=O)c2cc(C(C)=O)cn2C)cc(OC)c1. The average Bonchev–Trinajstić information content (AvgIpc) is 2.89. The van der Waals surface area contributed by atoms with Gasteiger partial charge in [0.1, 0.15) is 17.2 Å². The lowest BCUT2D eigenvalue weighted by Crippen LogP contribution is -2.15. The highest BCUT2D eigenvalue weighted by Crippen LogP contribution is 2.26. The number of aromatic nitrogens is 1. The number of hydrogen-bond acceptors (Lipinski definition) is 4. The monoisotopic (exact) mass is 302 g/mol. The summed E-state index contributed by atoms with van der Waals surface area (Å²) >= 11 is 0. The lowest BCUT2D eigenvalue weighted by atomic mass is 10.2. The van der Waals surface area contributed by atoms with Gasteiger partial charge in [0.15, 0.2) is 5.78 Å². The van der Waals surface area contributed by atoms with Crippen LogP contribution in [-0.4, -0.2) is 30.5 Å². The Morgan fingerprint density at radius 3 is 2.09 bits per heavy atom. The molecule has 6 nitrogen and oxygen atoms in total. The van der Waals surface area contributed by atoms with Crippen molar-refractivity contribution in [3.05, 3.63) is 41.7 Å². The van der Waals surface area contributed by atoms with Gasteiger partial charge in [0, 0.05) is 42.7 Å². The molecule has 0 saturated heterocycles. The number of nitrogens with one attached hydrogen (secondary N) is 1. The zero-order valence-corrected chi connectivity index (χ0v) is 13.0. The number of ketones is 1. The third-order valence-corrected chi connectivity index (χ3v) is 3.25. The van der Waals surface area contributed by atoms with Gasteiger partial charge in [0.25, 0.3) is 5.91 Å². The van der Waals surface area contributed by atoms with Crippen molar-refractivity contribution in [2.24, 2.45) is 7.05 Å². The van der Waals surface area contributed by atoms with Gasteiger partial charge in [-0.2, -0.15) is 0 Å². The number of rotatable bonds is 5. The number of ether oxygens (including phenoxy) is 2. The number of amides is 1. The molecule has 0 fully saturated rings. The van der Waals surface area contributed by atoms with E-state index < -0.39 is 0 Å². The molecule has 0 spiro atoms. The van der Waals surface area contributed by atoms with Crippen LogP contribution in [-0.2, 0) is 7.05 Å². The van der Waals surface area contributed by atoms with Gasteiger partial charge in [-0.3, -0.25) is 9.59 Å². The second-order valence-electron chi connectivity index (χ2n) is 4.84. The van der Waals surface area contributed by atoms with Crippen molar-refractivity contribution in [2.75, 3.05) is 19.5 Å². The van der Waals surface area contributed by atoms with Crippen LogP contribution in [0.25, 0.3) is 0 Å². The fraction of sp³-hybridized carbons (Fsp3) is 0.250. The van der Waals surface area contributed by atoms with Crippen LogP contribution >= 0.6 is 0 Å². The van der Waals surface area contributed by atoms with Gasteiger partial charge >= 0.3 is 0 Å². The van der Waals surface area contributed by atoms with E-state index in [0.717, 1.165) is 0 Å². The summed E-state index contributed by atoms with van der Waals surface area (Å²) in [6, 6.07) is 6.66. The summed E-state index contributed by atoms with van der Waals surface area (Å²) in [4.78, 5) is 23.7. The lowest BCUT2D eigenvalue weighted by molar-refractivity contribution is 0.101. The Morgan fingerprint density at radius 2 is 1.64 bits per heavy atom. The summed E-state index contributed by atoms with van der Waals surface area (Å²) < 4.78 is 11.9. The first-order valence-electron chi connectivity index (χ1n) is 6.66. The van der Waals surface area contributed by atoms with Gasteiger partial charge in [-0.05, 0) is 13.0 Å². The van der Waals surface area contributed by atoms with Gasteiger partial charge in [-0.1, -0.05) is 0 Å². The second kappa shape index (κ2) is 6.34. The molecule has 2 rings (SSSR count). The van der Waals surface area contributed by atoms with Crippen LogP contribution in [0.4, 0.5) is 5.69 Å². The number of hydrogen-bond donors (Lipinski definition) is 1. The molecule has 0 radical (unpaired) electrons. The summed E-state index contributed by atoms with van der Waals surface area (Å²) in [6.45, 7) is 1.46. The summed E-state index contributed by atoms with van der Waals surface area (Å²) in [5, 5.41) is 2.77. The fourth-order valence-electron chi connectivity index (χ4n) is 2.06. The van der Waals surface area contributed by atoms with Crippen LogP contribution in [0.15, 0.2) is 30.5 Å². The Bertz CT molecular complexity index is 697. The molecule has 1 heterocycles. The molecule has 1 amide bonds. The highest BCUT2D eigenvalue weighted by molar-refractivity contribution is 6.05. The largest absolute Gasteiger partial charge is 0.497 e. The smallest absolute Gasteiger partial charge is 0.272 e. The molecule has 116 valence electrons. The van der Waals surface area contributed by atoms with E-state index in [1.807, 2.05) is 0 Å². The molecule has 0 aliphatic rings. The Balaban J connectivity index is 2.27. The number of Topliss-reactive ketones (excluding diaryl/α,β-unsaturated/α-hetero) is 1. The van der Waals surface area contributed by atoms with Gasteiger partial charge in [0.05, 0.1) is 14.2 Å². The van der Waals surface area contributed by atoms with Crippen molar-refractivity contribution in [3.63, 3.8) is 0 Å². The van der Waals surface area contributed by atoms with E-state index in [4.69, 9.17) is 9.47 Å². The maximum atomic E-state index is 12.3. The molecule has 0 unspecified atom stereocenters. The Labute approximate surface area is 128 Å². The maximum absolute atomic E-state index is 12.3. The molecule has 22 heavy (non-hydrogen) atoms. The predicted molar refractivity (Wildman–Crippen MR) is 82.9 cm³/mol. The summed E-state index contributed by atoms with van der Waals surface area (Å²) in [5.74, 6) is 0.750. The topological polar surface area (TPSA) is 69.6 Å². The molecule has 1 aromatic heterocycles. The molecule has 0 bridgehead atoms. The van der Waals surface area contributed by atoms with E-state index in [9.17, 15) is 9.59 Å². The molecule has 1 aromatic carbocycles. The van der Waals surface area contributed by atoms with Crippen LogP contribution in [0, 0.1) is 0 Å². The molecule has 0 atom stereocenters. The molecular formula is C16H18N2O4. The molecule has 0 aliphatic heterocycles. The Hall–Kier alpha value is -2.76. The third kappa shape index (κ3) is 3.28. The zero-order valence-electron chi connectivity index (χ0n) is 13.0. The van der Waals surface area contributed by atoms with Gasteiger partial charge in [-0.25, -0.2) is 0 Å². The third-order valence-electron chi connectivity index (χ3n) is 3.25. The number of benzene rings is 1. The highest BCUT2D eigenvalue weighted by Gasteiger charge is 2.14. The maximum Gasteiger partial charge on any atom is 0.272 e. The van der Waals surface area contributed by atoms with Crippen LogP contribution in [0.5, 0.6) is 11.5 Å². The Kier molecular flexibility index (Phi) is 4.50. The molecule has 2 aromatic rings. The van der Waals surface area contributed by atoms with Gasteiger partial charge in [-0.15, -0.1) is 0 Å². The molecule has 1 N–H and O–H groups in total. The van der Waals surface area contributed by atoms with Crippen molar-refractivity contribution in [1.29, 1.82) is 0 Å². The normalized spacial score (nSPS) is 10.2. The van der Waals surface area contributed by atoms with Crippen LogP contribution < -0.4 is 14.8 Å². The van der Waals surface area contributed by atoms with E-state index in [-0.39, 0.29) is 11.7 Å². The summed E-state index contributed by atoms with van der Waals surface area (Å²) in [6.07, 6.45) is 1.63. The molecule has 6 heteroatoms. The molecule has 0 aliphatic carbocycles. The number of anilines is 1. The predicted octanol–water partition coefficient (Wildman–Crippen LogP) is 2.50. The van der Waals surface area contributed by atoms with E-state index in [0.29, 0.717) is 28.4 Å². The number of methoxy groups -OCH3 is 2. The lowest BCUT2D eigenvalue weighted by Gasteiger charge is -2.10. The second-order valence-corrected chi connectivity index (χ2v) is 4.84. The van der Waals surface area contributed by atoms with E-state index >= 15 is 0 Å². The van der Waals surface area contributed by atoms with Gasteiger partial charge < -0.3 is 19.4 Å². The summed E-state index contributed by atoms with van der Waals surface area (Å²) in [5.41, 5.74) is 1.44. The Morgan fingerprint density at radius 1 is 1.05 bits per heavy atom. The summed E-state index contributed by atoms with van der Waals surface area (Å²) in [7, 11) is 4.79. The van der Waals surface area contributed by atoms with Crippen LogP contribution in [0.3, 0.4) is 0 Å². The first kappa shape index (κ1) is 15.6. The first-order chi connectivity index (χ1) is 10.4. The van der Waals surface area contributed by atoms with E-state index in [1.54, 1.807) is 42.1 Å². The molecule has 0 saturated carbocycles. The fourth-order valence-corrected chi connectivity index (χ4v) is 2.06. The first-order valence-corrected chi connectivity index (χ1v) is 6.66. The zero-order chi connectivity index (χ0) is 16.3. The van der Waals surface area contributed by atoms with Crippen LogP contribution in [0.2, 0.25) is 0 Å². The highest BCUT2D eigenvalue weighted by atomic mass is 16.5. The number of carbonyl (C=O) groups is 2. The van der Waals surface area contributed by atoms with Crippen molar-refractivity contribution >= 4 is 17.4 Å².